The van der Waals surface area contributed by atoms with Crippen LogP contribution >= 0.6 is 12.6 Å². The summed E-state index contributed by atoms with van der Waals surface area (Å²) in [4.78, 5) is 37.7. The van der Waals surface area contributed by atoms with Crippen molar-refractivity contribution in [2.45, 2.75) is 32.9 Å². The van der Waals surface area contributed by atoms with Crippen molar-refractivity contribution < 1.29 is 19.5 Å². The third-order valence-electron chi connectivity index (χ3n) is 4.49. The number of hydrogen-bond acceptors (Lipinski definition) is 4. The van der Waals surface area contributed by atoms with Crippen molar-refractivity contribution in [2.24, 2.45) is 11.8 Å². The Kier molecular flexibility index (Phi) is 6.47. The van der Waals surface area contributed by atoms with Crippen LogP contribution in [0.15, 0.2) is 24.3 Å². The van der Waals surface area contributed by atoms with Crippen molar-refractivity contribution >= 4 is 30.4 Å². The molecule has 6 nitrogen and oxygen atoms in total. The molecule has 25 heavy (non-hydrogen) atoms. The summed E-state index contributed by atoms with van der Waals surface area (Å²) in [6, 6.07) is 6.75. The maximum atomic E-state index is 12.8. The maximum Gasteiger partial charge on any atom is 0.323 e. The van der Waals surface area contributed by atoms with Crippen molar-refractivity contribution in [3.05, 3.63) is 35.4 Å². The van der Waals surface area contributed by atoms with Crippen LogP contribution in [0, 0.1) is 11.8 Å². The molecule has 2 N–H and O–H groups in total. The highest BCUT2D eigenvalue weighted by atomic mass is 32.1. The highest BCUT2D eigenvalue weighted by molar-refractivity contribution is 7.80. The number of nitrogens with one attached hydrogen (secondary N) is 1. The number of carbonyl (C=O) groups excluding carboxylic acids is 2. The topological polar surface area (TPSA) is 86.7 Å². The number of benzene rings is 1. The van der Waals surface area contributed by atoms with Gasteiger partial charge in [-0.1, -0.05) is 38.1 Å². The van der Waals surface area contributed by atoms with Crippen LogP contribution in [-0.4, -0.2) is 46.1 Å². The minimum absolute atomic E-state index is 0.0980. The molecule has 0 radical (unpaired) electrons. The number of aliphatic carboxylic acids is 1. The van der Waals surface area contributed by atoms with Gasteiger partial charge in [0.25, 0.3) is 0 Å². The first kappa shape index (κ1) is 19.3. The lowest BCUT2D eigenvalue weighted by atomic mass is 9.95. The van der Waals surface area contributed by atoms with Crippen LogP contribution in [-0.2, 0) is 27.3 Å². The van der Waals surface area contributed by atoms with E-state index < -0.39 is 12.0 Å². The van der Waals surface area contributed by atoms with Gasteiger partial charge in [0.05, 0.1) is 0 Å². The van der Waals surface area contributed by atoms with E-state index in [1.807, 2.05) is 38.1 Å². The molecular formula is C18H24N2O4S. The standard InChI is InChI=1S/C18H24N2O4S/c1-11(2)14(10-25)17(23)19-15-7-12-5-3-4-6-13(12)8-20(18(15)24)9-16(21)22/h3-6,11,14-15,25H,7-10H2,1-2H3,(H,19,23)(H,21,22)/t14-,15-/m0/s1. The predicted octanol–water partition coefficient (Wildman–Crippen LogP) is 1.34. The highest BCUT2D eigenvalue weighted by Crippen LogP contribution is 2.21. The van der Waals surface area contributed by atoms with Gasteiger partial charge in [0.2, 0.25) is 11.8 Å². The Hall–Kier alpha value is -2.02. The SMILES string of the molecule is CC(C)[C@H](CS)C(=O)N[C@H]1Cc2ccccc2CN(CC(=O)O)C1=O. The number of carboxylic acid groups (broad SMARTS) is 1. The molecular weight excluding hydrogens is 340 g/mol. The van der Waals surface area contributed by atoms with E-state index in [-0.39, 0.29) is 36.7 Å². The molecule has 0 fully saturated rings. The molecule has 0 spiro atoms. The molecule has 1 heterocycles. The molecule has 1 aliphatic heterocycles. The van der Waals surface area contributed by atoms with Crippen molar-refractivity contribution in [2.75, 3.05) is 12.3 Å². The van der Waals surface area contributed by atoms with Crippen molar-refractivity contribution in [3.8, 4) is 0 Å². The van der Waals surface area contributed by atoms with Gasteiger partial charge in [0.15, 0.2) is 0 Å². The molecule has 0 aliphatic carbocycles. The van der Waals surface area contributed by atoms with E-state index in [0.29, 0.717) is 12.2 Å². The van der Waals surface area contributed by atoms with Crippen molar-refractivity contribution in [3.63, 3.8) is 0 Å². The van der Waals surface area contributed by atoms with E-state index in [4.69, 9.17) is 5.11 Å². The van der Waals surface area contributed by atoms with Crippen molar-refractivity contribution in [1.29, 1.82) is 0 Å². The zero-order chi connectivity index (χ0) is 18.6. The summed E-state index contributed by atoms with van der Waals surface area (Å²) < 4.78 is 0. The largest absolute Gasteiger partial charge is 0.480 e. The van der Waals surface area contributed by atoms with E-state index >= 15 is 0 Å². The molecule has 1 aromatic rings. The number of nitrogens with zero attached hydrogens (tertiary/aromatic N) is 1. The Morgan fingerprint density at radius 1 is 1.32 bits per heavy atom. The summed E-state index contributed by atoms with van der Waals surface area (Å²) in [5.41, 5.74) is 1.85. The lowest BCUT2D eigenvalue weighted by Crippen LogP contribution is -2.51. The smallest absolute Gasteiger partial charge is 0.323 e. The van der Waals surface area contributed by atoms with Crippen LogP contribution in [0.2, 0.25) is 0 Å². The highest BCUT2D eigenvalue weighted by Gasteiger charge is 2.33. The minimum atomic E-state index is -1.08. The number of carbonyl (C=O) groups is 3. The van der Waals surface area contributed by atoms with E-state index in [1.165, 1.54) is 4.90 Å². The van der Waals surface area contributed by atoms with Crippen LogP contribution in [0.1, 0.15) is 25.0 Å². The summed E-state index contributed by atoms with van der Waals surface area (Å²) in [5, 5.41) is 11.9. The number of thiol groups is 1. The second-order valence-electron chi connectivity index (χ2n) is 6.66. The predicted molar refractivity (Wildman–Crippen MR) is 97.3 cm³/mol. The van der Waals surface area contributed by atoms with E-state index in [9.17, 15) is 14.4 Å². The Morgan fingerprint density at radius 2 is 1.96 bits per heavy atom. The number of rotatable bonds is 6. The van der Waals surface area contributed by atoms with Gasteiger partial charge in [-0.25, -0.2) is 0 Å². The van der Waals surface area contributed by atoms with Crippen LogP contribution < -0.4 is 5.32 Å². The lowest BCUT2D eigenvalue weighted by Gasteiger charge is -2.26. The summed E-state index contributed by atoms with van der Waals surface area (Å²) in [5.74, 6) is -1.48. The third-order valence-corrected chi connectivity index (χ3v) is 4.89. The quantitative estimate of drug-likeness (QED) is 0.665. The molecule has 1 aromatic carbocycles. The molecule has 0 saturated carbocycles. The second kappa shape index (κ2) is 8.38. The molecule has 0 aromatic heterocycles. The maximum absolute atomic E-state index is 12.8. The Bertz CT molecular complexity index is 662. The first-order valence-corrected chi connectivity index (χ1v) is 8.95. The Morgan fingerprint density at radius 3 is 2.52 bits per heavy atom. The normalized spacial score (nSPS) is 18.5. The Labute approximate surface area is 153 Å². The van der Waals surface area contributed by atoms with Gasteiger partial charge in [-0.3, -0.25) is 14.4 Å². The zero-order valence-corrected chi connectivity index (χ0v) is 15.3. The number of carboxylic acids is 1. The summed E-state index contributed by atoms with van der Waals surface area (Å²) in [7, 11) is 0. The Balaban J connectivity index is 2.27. The van der Waals surface area contributed by atoms with Gasteiger partial charge >= 0.3 is 5.97 Å². The van der Waals surface area contributed by atoms with E-state index in [1.54, 1.807) is 0 Å². The van der Waals surface area contributed by atoms with E-state index in [0.717, 1.165) is 11.1 Å². The van der Waals surface area contributed by atoms with Gasteiger partial charge in [-0.15, -0.1) is 0 Å². The fourth-order valence-corrected chi connectivity index (χ4v) is 3.59. The molecule has 0 unspecified atom stereocenters. The molecule has 0 bridgehead atoms. The fourth-order valence-electron chi connectivity index (χ4n) is 3.01. The molecule has 136 valence electrons. The third kappa shape index (κ3) is 4.75. The van der Waals surface area contributed by atoms with E-state index in [2.05, 4.69) is 17.9 Å². The molecule has 7 heteroatoms. The molecule has 0 saturated heterocycles. The van der Waals surface area contributed by atoms with Crippen molar-refractivity contribution in [1.82, 2.24) is 10.2 Å². The number of fused-ring (bicyclic) bond motifs is 1. The number of hydrogen-bond donors (Lipinski definition) is 3. The minimum Gasteiger partial charge on any atom is -0.480 e. The average molecular weight is 364 g/mol. The van der Waals surface area contributed by atoms with Gasteiger partial charge in [0, 0.05) is 24.6 Å². The van der Waals surface area contributed by atoms with Gasteiger partial charge < -0.3 is 15.3 Å². The molecule has 2 rings (SSSR count). The second-order valence-corrected chi connectivity index (χ2v) is 7.02. The van der Waals surface area contributed by atoms with Crippen LogP contribution in [0.5, 0.6) is 0 Å². The zero-order valence-electron chi connectivity index (χ0n) is 14.4. The van der Waals surface area contributed by atoms with Crippen LogP contribution in [0.3, 0.4) is 0 Å². The summed E-state index contributed by atoms with van der Waals surface area (Å²) in [6.07, 6.45) is 0.355. The van der Waals surface area contributed by atoms with Gasteiger partial charge in [0.1, 0.15) is 12.6 Å². The fraction of sp³-hybridized carbons (Fsp3) is 0.500. The molecule has 2 atom stereocenters. The van der Waals surface area contributed by atoms with Gasteiger partial charge in [-0.2, -0.15) is 12.6 Å². The summed E-state index contributed by atoms with van der Waals surface area (Å²) >= 11 is 4.23. The lowest BCUT2D eigenvalue weighted by molar-refractivity contribution is -0.146. The molecule has 1 aliphatic rings. The summed E-state index contributed by atoms with van der Waals surface area (Å²) in [6.45, 7) is 3.70. The first-order chi connectivity index (χ1) is 11.8. The number of amides is 2. The van der Waals surface area contributed by atoms with Gasteiger partial charge in [-0.05, 0) is 17.0 Å². The van der Waals surface area contributed by atoms with Crippen LogP contribution in [0.25, 0.3) is 0 Å². The monoisotopic (exact) mass is 364 g/mol. The first-order valence-electron chi connectivity index (χ1n) is 8.32. The molecule has 2 amide bonds. The van der Waals surface area contributed by atoms with Crippen LogP contribution in [0.4, 0.5) is 0 Å². The average Bonchev–Trinajstić information content (AvgIpc) is 2.65.